The summed E-state index contributed by atoms with van der Waals surface area (Å²) >= 11 is 0. The molecule has 2 N–H and O–H groups in total. The summed E-state index contributed by atoms with van der Waals surface area (Å²) in [5.41, 5.74) is -0.147. The second-order valence-corrected chi connectivity index (χ2v) is 8.61. The van der Waals surface area contributed by atoms with Gasteiger partial charge in [0.2, 0.25) is 11.5 Å². The highest BCUT2D eigenvalue weighted by molar-refractivity contribution is 5.94. The molecule has 0 unspecified atom stereocenters. The Balaban J connectivity index is 1.51. The number of nitriles is 1. The van der Waals surface area contributed by atoms with Crippen molar-refractivity contribution < 1.29 is 24.2 Å². The predicted molar refractivity (Wildman–Crippen MR) is 125 cm³/mol. The number of aromatic nitrogens is 3. The summed E-state index contributed by atoms with van der Waals surface area (Å²) in [5.74, 6) is -0.509. The minimum absolute atomic E-state index is 0.0966. The standard InChI is InChI=1S/C25H27N5O5/c1-3-16(2)24(33)29-23-19-9-10-20(30(19)28-15-27-23)25(14-26)21(31)12-18(35-25)13-34-22(32)11-17-7-5-4-6-8-17/h4-10,15-16,18,21,31H,3,11-13H2,1-2H3,(H,27,28,29,33)/t16-,18+,21+,25-/m0/s1. The number of hydrogen-bond donors (Lipinski definition) is 2. The molecule has 1 amide bonds. The molecule has 2 aromatic heterocycles. The van der Waals surface area contributed by atoms with Gasteiger partial charge in [0.15, 0.2) is 5.82 Å². The maximum absolute atomic E-state index is 12.4. The average molecular weight is 478 g/mol. The lowest BCUT2D eigenvalue weighted by atomic mass is 9.94. The molecule has 0 spiro atoms. The van der Waals surface area contributed by atoms with E-state index in [0.29, 0.717) is 23.4 Å². The molecule has 10 nitrogen and oxygen atoms in total. The Kier molecular flexibility index (Phi) is 7.10. The summed E-state index contributed by atoms with van der Waals surface area (Å²) in [6.45, 7) is 3.64. The van der Waals surface area contributed by atoms with E-state index in [0.717, 1.165) is 5.56 Å². The molecule has 35 heavy (non-hydrogen) atoms. The Morgan fingerprint density at radius 2 is 2.11 bits per heavy atom. The topological polar surface area (TPSA) is 139 Å². The summed E-state index contributed by atoms with van der Waals surface area (Å²) in [5, 5.41) is 27.9. The zero-order valence-electron chi connectivity index (χ0n) is 19.5. The van der Waals surface area contributed by atoms with Gasteiger partial charge >= 0.3 is 5.97 Å². The molecule has 1 aliphatic rings. The number of carbonyl (C=O) groups excluding carboxylic acids is 2. The van der Waals surface area contributed by atoms with Crippen molar-refractivity contribution in [3.05, 3.63) is 60.0 Å². The number of anilines is 1. The van der Waals surface area contributed by atoms with E-state index in [9.17, 15) is 20.0 Å². The normalized spacial score (nSPS) is 22.5. The number of amides is 1. The molecule has 3 heterocycles. The average Bonchev–Trinajstić information content (AvgIpc) is 3.44. The lowest BCUT2D eigenvalue weighted by Crippen LogP contribution is -2.36. The van der Waals surface area contributed by atoms with Gasteiger partial charge in [-0.1, -0.05) is 44.2 Å². The Morgan fingerprint density at radius 1 is 1.34 bits per heavy atom. The molecule has 0 radical (unpaired) electrons. The number of esters is 1. The van der Waals surface area contributed by atoms with Crippen LogP contribution in [0.15, 0.2) is 48.8 Å². The highest BCUT2D eigenvalue weighted by Gasteiger charge is 2.52. The van der Waals surface area contributed by atoms with Crippen LogP contribution in [0.3, 0.4) is 0 Å². The Morgan fingerprint density at radius 3 is 2.83 bits per heavy atom. The molecule has 0 saturated carbocycles. The maximum Gasteiger partial charge on any atom is 0.310 e. The highest BCUT2D eigenvalue weighted by Crippen LogP contribution is 2.40. The monoisotopic (exact) mass is 477 g/mol. The number of benzene rings is 1. The smallest absolute Gasteiger partial charge is 0.310 e. The minimum Gasteiger partial charge on any atom is -0.463 e. The van der Waals surface area contributed by atoms with Crippen molar-refractivity contribution in [1.82, 2.24) is 14.6 Å². The van der Waals surface area contributed by atoms with Crippen molar-refractivity contribution in [3.63, 3.8) is 0 Å². The second-order valence-electron chi connectivity index (χ2n) is 8.61. The van der Waals surface area contributed by atoms with Gasteiger partial charge in [0.05, 0.1) is 18.2 Å². The molecule has 4 rings (SSSR count). The van der Waals surface area contributed by atoms with E-state index < -0.39 is 23.8 Å². The van der Waals surface area contributed by atoms with Crippen molar-refractivity contribution >= 4 is 23.2 Å². The summed E-state index contributed by atoms with van der Waals surface area (Å²) in [6, 6.07) is 14.6. The summed E-state index contributed by atoms with van der Waals surface area (Å²) in [7, 11) is 0. The number of hydrogen-bond acceptors (Lipinski definition) is 8. The summed E-state index contributed by atoms with van der Waals surface area (Å²) in [6.07, 6.45) is 0.289. The van der Waals surface area contributed by atoms with Crippen molar-refractivity contribution in [2.45, 2.75) is 50.9 Å². The van der Waals surface area contributed by atoms with Crippen LogP contribution in [0.5, 0.6) is 0 Å². The molecule has 182 valence electrons. The van der Waals surface area contributed by atoms with Crippen molar-refractivity contribution in [2.24, 2.45) is 5.92 Å². The zero-order valence-corrected chi connectivity index (χ0v) is 19.5. The number of aliphatic hydroxyl groups is 1. The van der Waals surface area contributed by atoms with Gasteiger partial charge in [-0.25, -0.2) is 9.50 Å². The molecule has 4 atom stereocenters. The largest absolute Gasteiger partial charge is 0.463 e. The quantitative estimate of drug-likeness (QED) is 0.472. The van der Waals surface area contributed by atoms with Gasteiger partial charge in [-0.05, 0) is 24.1 Å². The molecule has 3 aromatic rings. The zero-order chi connectivity index (χ0) is 25.0. The Bertz CT molecular complexity index is 1250. The molecule has 10 heteroatoms. The summed E-state index contributed by atoms with van der Waals surface area (Å²) in [4.78, 5) is 28.7. The maximum atomic E-state index is 12.4. The molecule has 1 saturated heterocycles. The molecule has 1 fully saturated rings. The van der Waals surface area contributed by atoms with E-state index in [1.165, 1.54) is 10.8 Å². The van der Waals surface area contributed by atoms with Crippen LogP contribution in [-0.2, 0) is 31.1 Å². The van der Waals surface area contributed by atoms with Gasteiger partial charge in [0.25, 0.3) is 0 Å². The molecule has 0 aliphatic carbocycles. The number of nitrogens with zero attached hydrogens (tertiary/aromatic N) is 4. The van der Waals surface area contributed by atoms with E-state index >= 15 is 0 Å². The SMILES string of the molecule is CC[C@H](C)C(=O)Nc1ncnn2c([C@]3(C#N)O[C@@H](COC(=O)Cc4ccccc4)C[C@H]3O)ccc12. The number of rotatable bonds is 8. The van der Waals surface area contributed by atoms with Crippen molar-refractivity contribution in [2.75, 3.05) is 11.9 Å². The lowest BCUT2D eigenvalue weighted by molar-refractivity contribution is -0.148. The third-order valence-corrected chi connectivity index (χ3v) is 6.23. The first-order chi connectivity index (χ1) is 16.9. The van der Waals surface area contributed by atoms with Gasteiger partial charge in [-0.2, -0.15) is 10.4 Å². The van der Waals surface area contributed by atoms with E-state index in [1.54, 1.807) is 12.1 Å². The summed E-state index contributed by atoms with van der Waals surface area (Å²) < 4.78 is 12.8. The van der Waals surface area contributed by atoms with Gasteiger partial charge < -0.3 is 19.9 Å². The Labute approximate surface area is 202 Å². The van der Waals surface area contributed by atoms with E-state index in [4.69, 9.17) is 9.47 Å². The Hall–Kier alpha value is -3.81. The van der Waals surface area contributed by atoms with Gasteiger partial charge in [-0.15, -0.1) is 0 Å². The fourth-order valence-electron chi connectivity index (χ4n) is 4.03. The fourth-order valence-corrected chi connectivity index (χ4v) is 4.03. The van der Waals surface area contributed by atoms with Crippen LogP contribution >= 0.6 is 0 Å². The van der Waals surface area contributed by atoms with Crippen LogP contribution in [-0.4, -0.2) is 50.4 Å². The molecular weight excluding hydrogens is 450 g/mol. The van der Waals surface area contributed by atoms with Crippen LogP contribution in [0.25, 0.3) is 5.52 Å². The number of fused-ring (bicyclic) bond motifs is 1. The third-order valence-electron chi connectivity index (χ3n) is 6.23. The van der Waals surface area contributed by atoms with Crippen molar-refractivity contribution in [1.29, 1.82) is 5.26 Å². The molecule has 0 bridgehead atoms. The first kappa shape index (κ1) is 24.3. The van der Waals surface area contributed by atoms with Crippen molar-refractivity contribution in [3.8, 4) is 6.07 Å². The van der Waals surface area contributed by atoms with E-state index in [-0.39, 0.29) is 31.3 Å². The van der Waals surface area contributed by atoms with Crippen LogP contribution < -0.4 is 5.32 Å². The molecular formula is C25H27N5O5. The number of carbonyl (C=O) groups is 2. The lowest BCUT2D eigenvalue weighted by Gasteiger charge is -2.24. The molecule has 1 aliphatic heterocycles. The molecule has 1 aromatic carbocycles. The van der Waals surface area contributed by atoms with Gasteiger partial charge in [0.1, 0.15) is 30.6 Å². The van der Waals surface area contributed by atoms with Gasteiger partial charge in [0, 0.05) is 12.3 Å². The second kappa shape index (κ2) is 10.2. The van der Waals surface area contributed by atoms with Gasteiger partial charge in [-0.3, -0.25) is 9.59 Å². The van der Waals surface area contributed by atoms with Crippen LogP contribution in [0.1, 0.15) is 37.9 Å². The number of nitrogens with one attached hydrogen (secondary N) is 1. The van der Waals surface area contributed by atoms with E-state index in [2.05, 4.69) is 21.5 Å². The van der Waals surface area contributed by atoms with E-state index in [1.807, 2.05) is 44.2 Å². The fraction of sp³-hybridized carbons (Fsp3) is 0.400. The highest BCUT2D eigenvalue weighted by atomic mass is 16.6. The number of ether oxygens (including phenoxy) is 2. The van der Waals surface area contributed by atoms with Crippen LogP contribution in [0.4, 0.5) is 5.82 Å². The minimum atomic E-state index is -1.73. The predicted octanol–water partition coefficient (Wildman–Crippen LogP) is 2.37. The number of aliphatic hydroxyl groups excluding tert-OH is 1. The third kappa shape index (κ3) is 4.87. The van der Waals surface area contributed by atoms with Crippen LogP contribution in [0, 0.1) is 17.2 Å². The first-order valence-electron chi connectivity index (χ1n) is 11.5. The first-order valence-corrected chi connectivity index (χ1v) is 11.5. The van der Waals surface area contributed by atoms with Crippen LogP contribution in [0.2, 0.25) is 0 Å².